The maximum absolute atomic E-state index is 12.7. The molecule has 0 atom stereocenters. The summed E-state index contributed by atoms with van der Waals surface area (Å²) in [5.74, 6) is -0.152. The van der Waals surface area contributed by atoms with Gasteiger partial charge in [0.1, 0.15) is 0 Å². The molecule has 0 saturated carbocycles. The Morgan fingerprint density at radius 2 is 1.77 bits per heavy atom. The van der Waals surface area contributed by atoms with Crippen LogP contribution in [0.15, 0.2) is 47.4 Å². The SMILES string of the molecule is CCN(CC(=O)Nc1ccc(S(=O)(=O)N2CCOCC2)cc1)c1ccc(C)cc1C. The Morgan fingerprint density at radius 3 is 2.37 bits per heavy atom. The third-order valence-electron chi connectivity index (χ3n) is 5.16. The molecular weight excluding hydrogens is 402 g/mol. The van der Waals surface area contributed by atoms with Crippen molar-refractivity contribution < 1.29 is 17.9 Å². The number of ether oxygens (including phenoxy) is 1. The highest BCUT2D eigenvalue weighted by Gasteiger charge is 2.26. The number of carbonyl (C=O) groups is 1. The third-order valence-corrected chi connectivity index (χ3v) is 7.07. The van der Waals surface area contributed by atoms with Gasteiger partial charge in [-0.25, -0.2) is 8.42 Å². The minimum absolute atomic E-state index is 0.152. The monoisotopic (exact) mass is 431 g/mol. The summed E-state index contributed by atoms with van der Waals surface area (Å²) in [6.07, 6.45) is 0. The molecule has 30 heavy (non-hydrogen) atoms. The molecule has 8 heteroatoms. The van der Waals surface area contributed by atoms with Gasteiger partial charge in [0, 0.05) is 31.0 Å². The molecule has 0 aromatic heterocycles. The van der Waals surface area contributed by atoms with Crippen molar-refractivity contribution in [3.8, 4) is 0 Å². The molecule has 0 unspecified atom stereocenters. The highest BCUT2D eigenvalue weighted by molar-refractivity contribution is 7.89. The quantitative estimate of drug-likeness (QED) is 0.729. The van der Waals surface area contributed by atoms with E-state index in [0.717, 1.165) is 11.3 Å². The largest absolute Gasteiger partial charge is 0.379 e. The average molecular weight is 432 g/mol. The van der Waals surface area contributed by atoms with Crippen LogP contribution >= 0.6 is 0 Å². The van der Waals surface area contributed by atoms with Crippen molar-refractivity contribution in [1.82, 2.24) is 4.31 Å². The lowest BCUT2D eigenvalue weighted by Gasteiger charge is -2.26. The number of morpholine rings is 1. The first-order chi connectivity index (χ1) is 14.3. The lowest BCUT2D eigenvalue weighted by Crippen LogP contribution is -2.40. The lowest BCUT2D eigenvalue weighted by atomic mass is 10.1. The van der Waals surface area contributed by atoms with Gasteiger partial charge in [0.15, 0.2) is 0 Å². The van der Waals surface area contributed by atoms with Crippen molar-refractivity contribution in [2.24, 2.45) is 0 Å². The van der Waals surface area contributed by atoms with E-state index in [4.69, 9.17) is 4.74 Å². The van der Waals surface area contributed by atoms with Gasteiger partial charge in [0.05, 0.1) is 24.7 Å². The smallest absolute Gasteiger partial charge is 0.243 e. The molecular formula is C22H29N3O4S. The zero-order chi connectivity index (χ0) is 21.7. The number of aryl methyl sites for hydroxylation is 2. The van der Waals surface area contributed by atoms with Crippen LogP contribution in [0.3, 0.4) is 0 Å². The van der Waals surface area contributed by atoms with Crippen LogP contribution in [0.4, 0.5) is 11.4 Å². The van der Waals surface area contributed by atoms with E-state index in [0.29, 0.717) is 38.5 Å². The Bertz CT molecular complexity index is 984. The van der Waals surface area contributed by atoms with Gasteiger partial charge in [-0.15, -0.1) is 0 Å². The first-order valence-corrected chi connectivity index (χ1v) is 11.6. The number of hydrogen-bond acceptors (Lipinski definition) is 5. The van der Waals surface area contributed by atoms with Gasteiger partial charge >= 0.3 is 0 Å². The van der Waals surface area contributed by atoms with E-state index < -0.39 is 10.0 Å². The molecule has 1 heterocycles. The number of likely N-dealkylation sites (N-methyl/N-ethyl adjacent to an activating group) is 1. The molecule has 0 bridgehead atoms. The van der Waals surface area contributed by atoms with Gasteiger partial charge in [-0.1, -0.05) is 17.7 Å². The summed E-state index contributed by atoms with van der Waals surface area (Å²) >= 11 is 0. The van der Waals surface area contributed by atoms with E-state index in [1.807, 2.05) is 37.8 Å². The Kier molecular flexibility index (Phi) is 7.12. The summed E-state index contributed by atoms with van der Waals surface area (Å²) < 4.78 is 32.0. The van der Waals surface area contributed by atoms with E-state index in [1.54, 1.807) is 12.1 Å². The average Bonchev–Trinajstić information content (AvgIpc) is 2.73. The van der Waals surface area contributed by atoms with Gasteiger partial charge in [0.2, 0.25) is 15.9 Å². The topological polar surface area (TPSA) is 79.0 Å². The molecule has 1 aliphatic rings. The standard InChI is InChI=1S/C22H29N3O4S/c1-4-24(21-10-5-17(2)15-18(21)3)16-22(26)23-19-6-8-20(9-7-19)30(27,28)25-11-13-29-14-12-25/h5-10,15H,4,11-14,16H2,1-3H3,(H,23,26). The predicted octanol–water partition coefficient (Wildman–Crippen LogP) is 2.79. The number of hydrogen-bond donors (Lipinski definition) is 1. The summed E-state index contributed by atoms with van der Waals surface area (Å²) in [6.45, 7) is 8.53. The number of rotatable bonds is 7. The van der Waals surface area contributed by atoms with E-state index in [9.17, 15) is 13.2 Å². The fraction of sp³-hybridized carbons (Fsp3) is 0.409. The molecule has 3 rings (SSSR count). The Balaban J connectivity index is 1.65. The number of benzene rings is 2. The first-order valence-electron chi connectivity index (χ1n) is 10.1. The van der Waals surface area contributed by atoms with Crippen LogP contribution in [-0.4, -0.2) is 58.0 Å². The van der Waals surface area contributed by atoms with Gasteiger partial charge in [-0.3, -0.25) is 4.79 Å². The van der Waals surface area contributed by atoms with Crippen molar-refractivity contribution in [1.29, 1.82) is 0 Å². The van der Waals surface area contributed by atoms with Crippen LogP contribution in [0.2, 0.25) is 0 Å². The number of nitrogens with zero attached hydrogens (tertiary/aromatic N) is 2. The molecule has 1 saturated heterocycles. The van der Waals surface area contributed by atoms with Crippen LogP contribution in [0.5, 0.6) is 0 Å². The van der Waals surface area contributed by atoms with Crippen molar-refractivity contribution in [3.63, 3.8) is 0 Å². The molecule has 1 N–H and O–H groups in total. The maximum Gasteiger partial charge on any atom is 0.243 e. The molecule has 7 nitrogen and oxygen atoms in total. The summed E-state index contributed by atoms with van der Waals surface area (Å²) in [5, 5.41) is 2.86. The van der Waals surface area contributed by atoms with Crippen molar-refractivity contribution in [2.75, 3.05) is 49.6 Å². The Hall–Kier alpha value is -2.42. The van der Waals surface area contributed by atoms with Gasteiger partial charge in [-0.2, -0.15) is 4.31 Å². The second kappa shape index (κ2) is 9.59. The number of sulfonamides is 1. The fourth-order valence-corrected chi connectivity index (χ4v) is 4.96. The highest BCUT2D eigenvalue weighted by Crippen LogP contribution is 2.22. The number of amides is 1. The van der Waals surface area contributed by atoms with Crippen molar-refractivity contribution >= 4 is 27.3 Å². The zero-order valence-electron chi connectivity index (χ0n) is 17.7. The van der Waals surface area contributed by atoms with Crippen LogP contribution in [-0.2, 0) is 19.6 Å². The van der Waals surface area contributed by atoms with Crippen LogP contribution in [0.1, 0.15) is 18.1 Å². The summed E-state index contributed by atoms with van der Waals surface area (Å²) in [6, 6.07) is 12.5. The van der Waals surface area contributed by atoms with E-state index in [2.05, 4.69) is 11.4 Å². The highest BCUT2D eigenvalue weighted by atomic mass is 32.2. The maximum atomic E-state index is 12.7. The zero-order valence-corrected chi connectivity index (χ0v) is 18.5. The first kappa shape index (κ1) is 22.3. The predicted molar refractivity (Wildman–Crippen MR) is 118 cm³/mol. The molecule has 1 fully saturated rings. The molecule has 0 spiro atoms. The summed E-state index contributed by atoms with van der Waals surface area (Å²) in [5.41, 5.74) is 3.91. The lowest BCUT2D eigenvalue weighted by molar-refractivity contribution is -0.115. The van der Waals surface area contributed by atoms with Crippen LogP contribution in [0.25, 0.3) is 0 Å². The molecule has 0 aliphatic carbocycles. The number of carbonyl (C=O) groups excluding carboxylic acids is 1. The molecule has 162 valence electrons. The molecule has 2 aromatic rings. The van der Waals surface area contributed by atoms with Crippen LogP contribution in [0, 0.1) is 13.8 Å². The normalized spacial score (nSPS) is 15.0. The van der Waals surface area contributed by atoms with Crippen molar-refractivity contribution in [3.05, 3.63) is 53.6 Å². The molecule has 1 aliphatic heterocycles. The van der Waals surface area contributed by atoms with E-state index in [1.165, 1.54) is 22.0 Å². The minimum atomic E-state index is -3.54. The molecule has 1 amide bonds. The van der Waals surface area contributed by atoms with Gasteiger partial charge < -0.3 is 15.0 Å². The van der Waals surface area contributed by atoms with Gasteiger partial charge in [0.25, 0.3) is 0 Å². The number of anilines is 2. The van der Waals surface area contributed by atoms with E-state index in [-0.39, 0.29) is 17.3 Å². The van der Waals surface area contributed by atoms with Gasteiger partial charge in [-0.05, 0) is 56.7 Å². The molecule has 0 radical (unpaired) electrons. The fourth-order valence-electron chi connectivity index (χ4n) is 3.55. The van der Waals surface area contributed by atoms with Crippen LogP contribution < -0.4 is 10.2 Å². The second-order valence-corrected chi connectivity index (χ2v) is 9.33. The Labute approximate surface area is 178 Å². The minimum Gasteiger partial charge on any atom is -0.379 e. The number of nitrogens with one attached hydrogen (secondary N) is 1. The summed E-state index contributed by atoms with van der Waals surface area (Å²) in [4.78, 5) is 14.8. The summed E-state index contributed by atoms with van der Waals surface area (Å²) in [7, 11) is -3.54. The van der Waals surface area contributed by atoms with Crippen molar-refractivity contribution in [2.45, 2.75) is 25.7 Å². The third kappa shape index (κ3) is 5.19. The molecule has 2 aromatic carbocycles. The second-order valence-electron chi connectivity index (χ2n) is 7.39. The van der Waals surface area contributed by atoms with E-state index >= 15 is 0 Å². The Morgan fingerprint density at radius 1 is 1.10 bits per heavy atom.